The summed E-state index contributed by atoms with van der Waals surface area (Å²) in [6.45, 7) is 2.75. The fourth-order valence-electron chi connectivity index (χ4n) is 2.60. The Morgan fingerprint density at radius 2 is 1.38 bits per heavy atom. The molecular formula is C21H18F2O. The van der Waals surface area contributed by atoms with Crippen LogP contribution in [0.1, 0.15) is 13.3 Å². The summed E-state index contributed by atoms with van der Waals surface area (Å²) in [5.74, 6) is -0.856. The van der Waals surface area contributed by atoms with Gasteiger partial charge in [-0.05, 0) is 52.9 Å². The van der Waals surface area contributed by atoms with Crippen LogP contribution in [0.2, 0.25) is 0 Å². The molecule has 0 aliphatic rings. The van der Waals surface area contributed by atoms with Gasteiger partial charge in [-0.2, -0.15) is 0 Å². The Kier molecular flexibility index (Phi) is 4.90. The summed E-state index contributed by atoms with van der Waals surface area (Å²) in [7, 11) is 0. The van der Waals surface area contributed by atoms with E-state index >= 15 is 0 Å². The Morgan fingerprint density at radius 1 is 0.750 bits per heavy atom. The molecule has 0 unspecified atom stereocenters. The molecule has 3 rings (SSSR count). The van der Waals surface area contributed by atoms with Gasteiger partial charge in [0, 0.05) is 0 Å². The zero-order valence-corrected chi connectivity index (χ0v) is 13.4. The van der Waals surface area contributed by atoms with Crippen LogP contribution >= 0.6 is 0 Å². The van der Waals surface area contributed by atoms with Crippen LogP contribution in [0.15, 0.2) is 66.7 Å². The quantitative estimate of drug-likeness (QED) is 0.552. The molecule has 0 heterocycles. The van der Waals surface area contributed by atoms with Gasteiger partial charge >= 0.3 is 0 Å². The molecule has 0 N–H and O–H groups in total. The van der Waals surface area contributed by atoms with Gasteiger partial charge in [0.1, 0.15) is 5.75 Å². The predicted molar refractivity (Wildman–Crippen MR) is 93.0 cm³/mol. The van der Waals surface area contributed by atoms with Gasteiger partial charge in [0.15, 0.2) is 11.6 Å². The lowest BCUT2D eigenvalue weighted by Crippen LogP contribution is -1.94. The highest BCUT2D eigenvalue weighted by molar-refractivity contribution is 5.83. The van der Waals surface area contributed by atoms with Crippen molar-refractivity contribution in [3.05, 3.63) is 78.4 Å². The molecule has 1 nitrogen and oxygen atoms in total. The summed E-state index contributed by atoms with van der Waals surface area (Å²) in [6.07, 6.45) is 0.959. The number of rotatable bonds is 5. The molecule has 3 aromatic rings. The van der Waals surface area contributed by atoms with Crippen molar-refractivity contribution in [2.24, 2.45) is 0 Å². The highest BCUT2D eigenvalue weighted by atomic mass is 19.2. The van der Waals surface area contributed by atoms with Crippen LogP contribution in [0.4, 0.5) is 8.78 Å². The first-order chi connectivity index (χ1) is 11.7. The maximum Gasteiger partial charge on any atom is 0.159 e. The minimum absolute atomic E-state index is 0.649. The molecule has 122 valence electrons. The first-order valence-corrected chi connectivity index (χ1v) is 7.96. The molecule has 0 atom stereocenters. The van der Waals surface area contributed by atoms with E-state index in [1.807, 2.05) is 48.5 Å². The fraction of sp³-hybridized carbons (Fsp3) is 0.143. The summed E-state index contributed by atoms with van der Waals surface area (Å²) in [6, 6.07) is 19.5. The van der Waals surface area contributed by atoms with Crippen LogP contribution in [0.5, 0.6) is 5.75 Å². The van der Waals surface area contributed by atoms with Crippen molar-refractivity contribution in [3.8, 4) is 28.0 Å². The minimum atomic E-state index is -0.842. The molecule has 0 aliphatic heterocycles. The molecule has 0 saturated heterocycles. The average Bonchev–Trinajstić information content (AvgIpc) is 2.63. The van der Waals surface area contributed by atoms with Crippen LogP contribution in [0, 0.1) is 11.6 Å². The van der Waals surface area contributed by atoms with Gasteiger partial charge in [-0.25, -0.2) is 8.78 Å². The van der Waals surface area contributed by atoms with Gasteiger partial charge in [0.2, 0.25) is 0 Å². The lowest BCUT2D eigenvalue weighted by atomic mass is 9.94. The van der Waals surface area contributed by atoms with Crippen LogP contribution in [0.25, 0.3) is 22.3 Å². The van der Waals surface area contributed by atoms with E-state index in [4.69, 9.17) is 4.74 Å². The number of hydrogen-bond donors (Lipinski definition) is 0. The lowest BCUT2D eigenvalue weighted by Gasteiger charge is -2.11. The zero-order chi connectivity index (χ0) is 16.9. The monoisotopic (exact) mass is 324 g/mol. The van der Waals surface area contributed by atoms with Crippen molar-refractivity contribution in [1.82, 2.24) is 0 Å². The van der Waals surface area contributed by atoms with Gasteiger partial charge in [-0.3, -0.25) is 0 Å². The standard InChI is InChI=1S/C21H18F2O/c1-2-13-24-17-10-7-15(8-11-17)18-5-3-4-6-19(18)16-9-12-20(22)21(23)14-16/h3-12,14H,2,13H2,1H3. The lowest BCUT2D eigenvalue weighted by molar-refractivity contribution is 0.317. The third-order valence-electron chi connectivity index (χ3n) is 3.80. The average molecular weight is 324 g/mol. The Labute approximate surface area is 140 Å². The van der Waals surface area contributed by atoms with Crippen molar-refractivity contribution < 1.29 is 13.5 Å². The third-order valence-corrected chi connectivity index (χ3v) is 3.80. The van der Waals surface area contributed by atoms with Gasteiger partial charge < -0.3 is 4.74 Å². The van der Waals surface area contributed by atoms with Crippen molar-refractivity contribution >= 4 is 0 Å². The normalized spacial score (nSPS) is 10.6. The minimum Gasteiger partial charge on any atom is -0.494 e. The molecule has 0 saturated carbocycles. The summed E-state index contributed by atoms with van der Waals surface area (Å²) in [5.41, 5.74) is 3.47. The van der Waals surface area contributed by atoms with Gasteiger partial charge in [-0.15, -0.1) is 0 Å². The number of ether oxygens (including phenoxy) is 1. The molecule has 0 aromatic heterocycles. The second-order valence-corrected chi connectivity index (χ2v) is 5.55. The van der Waals surface area contributed by atoms with E-state index < -0.39 is 11.6 Å². The molecule has 0 aliphatic carbocycles. The molecule has 24 heavy (non-hydrogen) atoms. The zero-order valence-electron chi connectivity index (χ0n) is 13.4. The van der Waals surface area contributed by atoms with Crippen molar-refractivity contribution in [3.63, 3.8) is 0 Å². The number of benzene rings is 3. The van der Waals surface area contributed by atoms with E-state index in [1.54, 1.807) is 6.07 Å². The van der Waals surface area contributed by atoms with Crippen LogP contribution in [-0.4, -0.2) is 6.61 Å². The van der Waals surface area contributed by atoms with Crippen molar-refractivity contribution in [1.29, 1.82) is 0 Å². The Morgan fingerprint density at radius 3 is 2.00 bits per heavy atom. The molecule has 3 heteroatoms. The molecule has 0 spiro atoms. The van der Waals surface area contributed by atoms with E-state index in [2.05, 4.69) is 6.92 Å². The Bertz CT molecular complexity index is 825. The van der Waals surface area contributed by atoms with Crippen LogP contribution in [0.3, 0.4) is 0 Å². The maximum atomic E-state index is 13.6. The first kappa shape index (κ1) is 16.2. The highest BCUT2D eigenvalue weighted by Gasteiger charge is 2.10. The second kappa shape index (κ2) is 7.26. The fourth-order valence-corrected chi connectivity index (χ4v) is 2.60. The number of hydrogen-bond acceptors (Lipinski definition) is 1. The molecule has 0 fully saturated rings. The SMILES string of the molecule is CCCOc1ccc(-c2ccccc2-c2ccc(F)c(F)c2)cc1. The highest BCUT2D eigenvalue weighted by Crippen LogP contribution is 2.33. The molecule has 3 aromatic carbocycles. The molecular weight excluding hydrogens is 306 g/mol. The first-order valence-electron chi connectivity index (χ1n) is 7.96. The van der Waals surface area contributed by atoms with E-state index in [0.717, 1.165) is 34.9 Å². The van der Waals surface area contributed by atoms with Crippen LogP contribution in [-0.2, 0) is 0 Å². The topological polar surface area (TPSA) is 9.23 Å². The summed E-state index contributed by atoms with van der Waals surface area (Å²) >= 11 is 0. The van der Waals surface area contributed by atoms with Gasteiger partial charge in [-0.1, -0.05) is 49.4 Å². The third kappa shape index (κ3) is 3.46. The molecule has 0 radical (unpaired) electrons. The molecule has 0 bridgehead atoms. The second-order valence-electron chi connectivity index (χ2n) is 5.55. The van der Waals surface area contributed by atoms with Crippen molar-refractivity contribution in [2.45, 2.75) is 13.3 Å². The number of halogens is 2. The summed E-state index contributed by atoms with van der Waals surface area (Å²) < 4.78 is 32.4. The van der Waals surface area contributed by atoms with Gasteiger partial charge in [0.25, 0.3) is 0 Å². The largest absolute Gasteiger partial charge is 0.494 e. The smallest absolute Gasteiger partial charge is 0.159 e. The van der Waals surface area contributed by atoms with E-state index in [1.165, 1.54) is 6.07 Å². The Balaban J connectivity index is 1.98. The van der Waals surface area contributed by atoms with Gasteiger partial charge in [0.05, 0.1) is 6.61 Å². The maximum absolute atomic E-state index is 13.6. The van der Waals surface area contributed by atoms with E-state index in [-0.39, 0.29) is 0 Å². The summed E-state index contributed by atoms with van der Waals surface area (Å²) in [5, 5.41) is 0. The molecule has 0 amide bonds. The van der Waals surface area contributed by atoms with E-state index in [0.29, 0.717) is 12.2 Å². The predicted octanol–water partition coefficient (Wildman–Crippen LogP) is 6.09. The van der Waals surface area contributed by atoms with E-state index in [9.17, 15) is 8.78 Å². The Hall–Kier alpha value is -2.68. The van der Waals surface area contributed by atoms with Crippen LogP contribution < -0.4 is 4.74 Å². The summed E-state index contributed by atoms with van der Waals surface area (Å²) in [4.78, 5) is 0. The van der Waals surface area contributed by atoms with Crippen molar-refractivity contribution in [2.75, 3.05) is 6.61 Å².